The van der Waals surface area contributed by atoms with Gasteiger partial charge >= 0.3 is 5.97 Å². The smallest absolute Gasteiger partial charge is 0.304 e. The van der Waals surface area contributed by atoms with Crippen LogP contribution in [-0.2, 0) is 9.53 Å². The normalized spacial score (nSPS) is 19.9. The van der Waals surface area contributed by atoms with E-state index in [2.05, 4.69) is 30.4 Å². The summed E-state index contributed by atoms with van der Waals surface area (Å²) in [6.45, 7) is 6.78. The number of carbonyl (C=O) groups is 1. The van der Waals surface area contributed by atoms with Crippen LogP contribution in [0.25, 0.3) is 0 Å². The summed E-state index contributed by atoms with van der Waals surface area (Å²) in [4.78, 5) is 13.2. The minimum Gasteiger partial charge on any atom is -0.446 e. The van der Waals surface area contributed by atoms with Gasteiger partial charge in [0.1, 0.15) is 0 Å². The number of carbonyl (C=O) groups excluding carboxylic acids is 1. The topological polar surface area (TPSA) is 29.5 Å². The van der Waals surface area contributed by atoms with Crippen LogP contribution in [0.5, 0.6) is 0 Å². The second-order valence-corrected chi connectivity index (χ2v) is 3.86. The van der Waals surface area contributed by atoms with Crippen molar-refractivity contribution in [2.45, 2.75) is 25.4 Å². The molecule has 0 aromatic rings. The molecule has 0 spiro atoms. The maximum atomic E-state index is 11.0. The SMILES string of the molecule is C=CC#CC1(OC(C)=O)CCN(C)CC1. The van der Waals surface area contributed by atoms with E-state index in [1.165, 1.54) is 13.0 Å². The van der Waals surface area contributed by atoms with Crippen molar-refractivity contribution < 1.29 is 9.53 Å². The van der Waals surface area contributed by atoms with E-state index in [1.807, 2.05) is 0 Å². The molecule has 15 heavy (non-hydrogen) atoms. The minimum atomic E-state index is -0.591. The van der Waals surface area contributed by atoms with Gasteiger partial charge in [0.05, 0.1) is 0 Å². The Morgan fingerprint density at radius 1 is 1.53 bits per heavy atom. The van der Waals surface area contributed by atoms with Crippen LogP contribution < -0.4 is 0 Å². The summed E-state index contributed by atoms with van der Waals surface area (Å²) in [5, 5.41) is 0. The summed E-state index contributed by atoms with van der Waals surface area (Å²) in [7, 11) is 2.05. The molecule has 0 N–H and O–H groups in total. The molecule has 1 heterocycles. The Morgan fingerprint density at radius 2 is 2.13 bits per heavy atom. The number of allylic oxidation sites excluding steroid dienone is 1. The Bertz CT molecular complexity index is 303. The fraction of sp³-hybridized carbons (Fsp3) is 0.583. The molecule has 1 aliphatic rings. The molecule has 0 saturated carbocycles. The molecule has 0 aliphatic carbocycles. The Labute approximate surface area is 91.1 Å². The molecule has 1 aliphatic heterocycles. The van der Waals surface area contributed by atoms with Crippen molar-refractivity contribution in [2.75, 3.05) is 20.1 Å². The van der Waals surface area contributed by atoms with E-state index in [9.17, 15) is 4.79 Å². The number of likely N-dealkylation sites (tertiary alicyclic amines) is 1. The number of piperidine rings is 1. The van der Waals surface area contributed by atoms with Gasteiger partial charge in [0.2, 0.25) is 0 Å². The van der Waals surface area contributed by atoms with Crippen LogP contribution in [0.1, 0.15) is 19.8 Å². The van der Waals surface area contributed by atoms with Gasteiger partial charge in [-0.1, -0.05) is 18.4 Å². The highest BCUT2D eigenvalue weighted by Gasteiger charge is 2.34. The van der Waals surface area contributed by atoms with Crippen LogP contribution in [0.2, 0.25) is 0 Å². The third-order valence-electron chi connectivity index (χ3n) is 2.54. The molecule has 1 rings (SSSR count). The fourth-order valence-electron chi connectivity index (χ4n) is 1.69. The number of esters is 1. The lowest BCUT2D eigenvalue weighted by molar-refractivity contribution is -0.154. The van der Waals surface area contributed by atoms with Crippen molar-refractivity contribution in [3.05, 3.63) is 12.7 Å². The van der Waals surface area contributed by atoms with Crippen LogP contribution in [0.3, 0.4) is 0 Å². The number of hydrogen-bond donors (Lipinski definition) is 0. The fourth-order valence-corrected chi connectivity index (χ4v) is 1.69. The third-order valence-corrected chi connectivity index (χ3v) is 2.54. The predicted octanol–water partition coefficient (Wildman–Crippen LogP) is 1.20. The monoisotopic (exact) mass is 207 g/mol. The Hall–Kier alpha value is -1.27. The van der Waals surface area contributed by atoms with Gasteiger partial charge in [0.25, 0.3) is 0 Å². The molecular formula is C12H17NO2. The molecule has 1 saturated heterocycles. The summed E-state index contributed by atoms with van der Waals surface area (Å²) in [6.07, 6.45) is 3.07. The van der Waals surface area contributed by atoms with Crippen molar-refractivity contribution in [2.24, 2.45) is 0 Å². The van der Waals surface area contributed by atoms with E-state index in [1.54, 1.807) is 0 Å². The number of hydrogen-bond acceptors (Lipinski definition) is 3. The van der Waals surface area contributed by atoms with Crippen LogP contribution >= 0.6 is 0 Å². The summed E-state index contributed by atoms with van der Waals surface area (Å²) in [5.74, 6) is 5.53. The van der Waals surface area contributed by atoms with Gasteiger partial charge < -0.3 is 9.64 Å². The molecule has 0 unspecified atom stereocenters. The first-order valence-corrected chi connectivity index (χ1v) is 5.10. The maximum Gasteiger partial charge on any atom is 0.304 e. The molecule has 1 fully saturated rings. The third kappa shape index (κ3) is 3.41. The van der Waals surface area contributed by atoms with Crippen molar-refractivity contribution >= 4 is 5.97 Å². The second kappa shape index (κ2) is 4.99. The zero-order chi connectivity index (χ0) is 11.3. The van der Waals surface area contributed by atoms with Gasteiger partial charge in [0, 0.05) is 32.9 Å². The Morgan fingerprint density at radius 3 is 2.60 bits per heavy atom. The van der Waals surface area contributed by atoms with Crippen LogP contribution in [0.15, 0.2) is 12.7 Å². The van der Waals surface area contributed by atoms with Gasteiger partial charge in [0.15, 0.2) is 5.60 Å². The predicted molar refractivity (Wildman–Crippen MR) is 59.2 cm³/mol. The molecule has 3 nitrogen and oxygen atoms in total. The highest BCUT2D eigenvalue weighted by atomic mass is 16.6. The lowest BCUT2D eigenvalue weighted by Gasteiger charge is -2.35. The summed E-state index contributed by atoms with van der Waals surface area (Å²) >= 11 is 0. The molecule has 3 heteroatoms. The first-order valence-electron chi connectivity index (χ1n) is 5.10. The van der Waals surface area contributed by atoms with Gasteiger partial charge in [-0.15, -0.1) is 0 Å². The van der Waals surface area contributed by atoms with Crippen LogP contribution in [0, 0.1) is 11.8 Å². The lowest BCUT2D eigenvalue weighted by Crippen LogP contribution is -2.44. The number of ether oxygens (including phenoxy) is 1. The van der Waals surface area contributed by atoms with E-state index >= 15 is 0 Å². The first kappa shape index (κ1) is 11.8. The minimum absolute atomic E-state index is 0.266. The van der Waals surface area contributed by atoms with Crippen LogP contribution in [0.4, 0.5) is 0 Å². The summed E-state index contributed by atoms with van der Waals surface area (Å²) in [6, 6.07) is 0. The Kier molecular flexibility index (Phi) is 3.93. The average Bonchev–Trinajstić information content (AvgIpc) is 2.19. The molecule has 82 valence electrons. The molecule has 0 aromatic heterocycles. The van der Waals surface area contributed by atoms with Gasteiger partial charge in [-0.2, -0.15) is 0 Å². The standard InChI is InChI=1S/C12H17NO2/c1-4-5-6-12(15-11(2)14)7-9-13(3)10-8-12/h4H,1,7-10H2,2-3H3. The highest BCUT2D eigenvalue weighted by molar-refractivity contribution is 5.67. The average molecular weight is 207 g/mol. The van der Waals surface area contributed by atoms with E-state index in [-0.39, 0.29) is 5.97 Å². The summed E-state index contributed by atoms with van der Waals surface area (Å²) in [5.41, 5.74) is -0.591. The van der Waals surface area contributed by atoms with Gasteiger partial charge in [-0.25, -0.2) is 0 Å². The van der Waals surface area contributed by atoms with Crippen molar-refractivity contribution in [3.8, 4) is 11.8 Å². The molecule has 0 aromatic carbocycles. The van der Waals surface area contributed by atoms with Crippen molar-refractivity contribution in [1.29, 1.82) is 0 Å². The quantitative estimate of drug-likeness (QED) is 0.478. The van der Waals surface area contributed by atoms with E-state index in [4.69, 9.17) is 4.74 Å². The molecular weight excluding hydrogens is 190 g/mol. The second-order valence-electron chi connectivity index (χ2n) is 3.86. The van der Waals surface area contributed by atoms with Crippen LogP contribution in [-0.4, -0.2) is 36.6 Å². The Balaban J connectivity index is 2.77. The van der Waals surface area contributed by atoms with E-state index in [0.29, 0.717) is 0 Å². The van der Waals surface area contributed by atoms with Gasteiger partial charge in [-0.3, -0.25) is 4.79 Å². The molecule has 0 radical (unpaired) electrons. The largest absolute Gasteiger partial charge is 0.446 e. The van der Waals surface area contributed by atoms with E-state index < -0.39 is 5.60 Å². The zero-order valence-electron chi connectivity index (χ0n) is 9.38. The molecule has 0 bridgehead atoms. The lowest BCUT2D eigenvalue weighted by atomic mass is 9.92. The van der Waals surface area contributed by atoms with Crippen molar-refractivity contribution in [3.63, 3.8) is 0 Å². The molecule has 0 atom stereocenters. The summed E-state index contributed by atoms with van der Waals surface area (Å²) < 4.78 is 5.34. The van der Waals surface area contributed by atoms with E-state index in [0.717, 1.165) is 25.9 Å². The first-order chi connectivity index (χ1) is 7.08. The van der Waals surface area contributed by atoms with Crippen molar-refractivity contribution in [1.82, 2.24) is 4.90 Å². The molecule has 0 amide bonds. The number of nitrogens with zero attached hydrogens (tertiary/aromatic N) is 1. The maximum absolute atomic E-state index is 11.0. The highest BCUT2D eigenvalue weighted by Crippen LogP contribution is 2.25. The zero-order valence-corrected chi connectivity index (χ0v) is 9.38. The van der Waals surface area contributed by atoms with Gasteiger partial charge in [-0.05, 0) is 13.1 Å². The number of rotatable bonds is 1.